The number of nitrogens with one attached hydrogen (secondary N) is 2. The first-order valence-electron chi connectivity index (χ1n) is 4.38. The normalized spacial score (nSPS) is 10.8. The molecular formula is C9H15N3O. The van der Waals surface area contributed by atoms with Crippen LogP contribution in [-0.4, -0.2) is 29.3 Å². The van der Waals surface area contributed by atoms with E-state index in [1.54, 1.807) is 13.2 Å². The lowest BCUT2D eigenvalue weighted by Gasteiger charge is -1.98. The third kappa shape index (κ3) is 2.39. The molecule has 0 aliphatic heterocycles. The summed E-state index contributed by atoms with van der Waals surface area (Å²) in [7, 11) is 1.75. The molecule has 4 nitrogen and oxygen atoms in total. The van der Waals surface area contributed by atoms with Crippen molar-refractivity contribution in [2.75, 3.05) is 13.6 Å². The van der Waals surface area contributed by atoms with Gasteiger partial charge in [-0.2, -0.15) is 0 Å². The monoisotopic (exact) mass is 181 g/mol. The lowest BCUT2D eigenvalue weighted by atomic mass is 10.2. The van der Waals surface area contributed by atoms with E-state index in [0.29, 0.717) is 18.2 Å². The maximum Gasteiger partial charge on any atom is 0.194 e. The van der Waals surface area contributed by atoms with E-state index >= 15 is 0 Å². The SMILES string of the molecule is CNCC(=O)c1cnc(C(C)C)[nH]1. The number of H-pyrrole nitrogens is 1. The Bertz CT molecular complexity index is 291. The molecular weight excluding hydrogens is 166 g/mol. The molecule has 0 unspecified atom stereocenters. The van der Waals surface area contributed by atoms with Gasteiger partial charge in [-0.3, -0.25) is 4.79 Å². The Morgan fingerprint density at radius 2 is 2.38 bits per heavy atom. The quantitative estimate of drug-likeness (QED) is 0.679. The van der Waals surface area contributed by atoms with Crippen molar-refractivity contribution in [3.63, 3.8) is 0 Å². The van der Waals surface area contributed by atoms with Crippen LogP contribution in [-0.2, 0) is 0 Å². The number of aromatic nitrogens is 2. The molecule has 2 N–H and O–H groups in total. The summed E-state index contributed by atoms with van der Waals surface area (Å²) < 4.78 is 0. The summed E-state index contributed by atoms with van der Waals surface area (Å²) in [6.45, 7) is 4.41. The number of carbonyl (C=O) groups is 1. The molecule has 0 radical (unpaired) electrons. The Hall–Kier alpha value is -1.16. The van der Waals surface area contributed by atoms with Gasteiger partial charge in [0.2, 0.25) is 0 Å². The highest BCUT2D eigenvalue weighted by atomic mass is 16.1. The van der Waals surface area contributed by atoms with Crippen LogP contribution in [0.5, 0.6) is 0 Å². The number of hydrogen-bond donors (Lipinski definition) is 2. The van der Waals surface area contributed by atoms with Crippen molar-refractivity contribution in [1.82, 2.24) is 15.3 Å². The fourth-order valence-corrected chi connectivity index (χ4v) is 1.03. The zero-order valence-electron chi connectivity index (χ0n) is 8.22. The number of likely N-dealkylation sites (N-methyl/N-ethyl adjacent to an activating group) is 1. The Balaban J connectivity index is 2.73. The molecule has 0 spiro atoms. The van der Waals surface area contributed by atoms with Crippen molar-refractivity contribution in [3.8, 4) is 0 Å². The van der Waals surface area contributed by atoms with Gasteiger partial charge in [0.05, 0.1) is 12.7 Å². The van der Waals surface area contributed by atoms with Gasteiger partial charge in [0, 0.05) is 5.92 Å². The maximum absolute atomic E-state index is 11.3. The fraction of sp³-hybridized carbons (Fsp3) is 0.556. The Labute approximate surface area is 77.8 Å². The van der Waals surface area contributed by atoms with Crippen LogP contribution in [0.1, 0.15) is 36.1 Å². The van der Waals surface area contributed by atoms with Crippen LogP contribution in [0.4, 0.5) is 0 Å². The smallest absolute Gasteiger partial charge is 0.194 e. The second kappa shape index (κ2) is 4.18. The van der Waals surface area contributed by atoms with Gasteiger partial charge in [-0.05, 0) is 7.05 Å². The van der Waals surface area contributed by atoms with Gasteiger partial charge in [0.1, 0.15) is 11.5 Å². The van der Waals surface area contributed by atoms with Crippen molar-refractivity contribution < 1.29 is 4.79 Å². The molecule has 4 heteroatoms. The Morgan fingerprint density at radius 1 is 1.69 bits per heavy atom. The third-order valence-electron chi connectivity index (χ3n) is 1.78. The number of ketones is 1. The van der Waals surface area contributed by atoms with Crippen molar-refractivity contribution in [1.29, 1.82) is 0 Å². The Kier molecular flexibility index (Phi) is 3.19. The molecule has 0 bridgehead atoms. The summed E-state index contributed by atoms with van der Waals surface area (Å²) in [6.07, 6.45) is 1.59. The van der Waals surface area contributed by atoms with E-state index in [2.05, 4.69) is 15.3 Å². The minimum absolute atomic E-state index is 0.0434. The molecule has 1 rings (SSSR count). The Morgan fingerprint density at radius 3 is 2.85 bits per heavy atom. The topological polar surface area (TPSA) is 57.8 Å². The molecule has 0 fully saturated rings. The number of Topliss-reactive ketones (excluding diaryl/α,β-unsaturated/α-hetero) is 1. The number of rotatable bonds is 4. The van der Waals surface area contributed by atoms with Gasteiger partial charge < -0.3 is 10.3 Å². The fourth-order valence-electron chi connectivity index (χ4n) is 1.03. The number of aromatic amines is 1. The number of imidazole rings is 1. The van der Waals surface area contributed by atoms with E-state index in [0.717, 1.165) is 5.82 Å². The van der Waals surface area contributed by atoms with E-state index in [4.69, 9.17) is 0 Å². The van der Waals surface area contributed by atoms with Crippen molar-refractivity contribution in [2.24, 2.45) is 0 Å². The molecule has 0 amide bonds. The highest BCUT2D eigenvalue weighted by Gasteiger charge is 2.09. The van der Waals surface area contributed by atoms with Crippen LogP contribution in [0.3, 0.4) is 0 Å². The van der Waals surface area contributed by atoms with Crippen LogP contribution in [0.25, 0.3) is 0 Å². The second-order valence-electron chi connectivity index (χ2n) is 3.29. The van der Waals surface area contributed by atoms with Crippen molar-refractivity contribution in [3.05, 3.63) is 17.7 Å². The molecule has 1 aromatic heterocycles. The highest BCUT2D eigenvalue weighted by molar-refractivity contribution is 5.95. The van der Waals surface area contributed by atoms with Crippen molar-refractivity contribution >= 4 is 5.78 Å². The molecule has 72 valence electrons. The standard InChI is InChI=1S/C9H15N3O/c1-6(2)9-11-4-7(12-9)8(13)5-10-3/h4,6,10H,5H2,1-3H3,(H,11,12). The van der Waals surface area contributed by atoms with E-state index < -0.39 is 0 Å². The first kappa shape index (κ1) is 9.92. The highest BCUT2D eigenvalue weighted by Crippen LogP contribution is 2.09. The average molecular weight is 181 g/mol. The zero-order chi connectivity index (χ0) is 9.84. The molecule has 0 saturated heterocycles. The van der Waals surface area contributed by atoms with E-state index in [1.807, 2.05) is 13.8 Å². The molecule has 1 heterocycles. The van der Waals surface area contributed by atoms with Crippen LogP contribution < -0.4 is 5.32 Å². The predicted molar refractivity (Wildman–Crippen MR) is 50.9 cm³/mol. The minimum atomic E-state index is 0.0434. The van der Waals surface area contributed by atoms with Gasteiger partial charge in [-0.25, -0.2) is 4.98 Å². The summed E-state index contributed by atoms with van der Waals surface area (Å²) in [5.41, 5.74) is 0.582. The zero-order valence-corrected chi connectivity index (χ0v) is 8.22. The third-order valence-corrected chi connectivity index (χ3v) is 1.78. The largest absolute Gasteiger partial charge is 0.339 e. The second-order valence-corrected chi connectivity index (χ2v) is 3.29. The molecule has 0 saturated carbocycles. The van der Waals surface area contributed by atoms with Gasteiger partial charge in [-0.15, -0.1) is 0 Å². The summed E-state index contributed by atoms with van der Waals surface area (Å²) >= 11 is 0. The molecule has 0 aliphatic carbocycles. The van der Waals surface area contributed by atoms with Gasteiger partial charge in [0.15, 0.2) is 5.78 Å². The number of nitrogens with zero attached hydrogens (tertiary/aromatic N) is 1. The summed E-state index contributed by atoms with van der Waals surface area (Å²) in [5.74, 6) is 1.23. The molecule has 0 aliphatic rings. The number of carbonyl (C=O) groups excluding carboxylic acids is 1. The van der Waals surface area contributed by atoms with Crippen LogP contribution in [0, 0.1) is 0 Å². The first-order valence-corrected chi connectivity index (χ1v) is 4.38. The lowest BCUT2D eigenvalue weighted by Crippen LogP contribution is -2.18. The minimum Gasteiger partial charge on any atom is -0.339 e. The van der Waals surface area contributed by atoms with Crippen LogP contribution in [0.15, 0.2) is 6.20 Å². The molecule has 1 aromatic rings. The number of hydrogen-bond acceptors (Lipinski definition) is 3. The van der Waals surface area contributed by atoms with E-state index in [9.17, 15) is 4.79 Å². The van der Waals surface area contributed by atoms with Crippen molar-refractivity contribution in [2.45, 2.75) is 19.8 Å². The summed E-state index contributed by atoms with van der Waals surface area (Å²) in [5, 5.41) is 2.81. The summed E-state index contributed by atoms with van der Waals surface area (Å²) in [6, 6.07) is 0. The van der Waals surface area contributed by atoms with Gasteiger partial charge in [-0.1, -0.05) is 13.8 Å². The first-order chi connectivity index (χ1) is 6.15. The maximum atomic E-state index is 11.3. The molecule has 13 heavy (non-hydrogen) atoms. The summed E-state index contributed by atoms with van der Waals surface area (Å²) in [4.78, 5) is 18.5. The van der Waals surface area contributed by atoms with E-state index in [-0.39, 0.29) is 5.78 Å². The van der Waals surface area contributed by atoms with Crippen LogP contribution >= 0.6 is 0 Å². The predicted octanol–water partition coefficient (Wildman–Crippen LogP) is 0.935. The van der Waals surface area contributed by atoms with E-state index in [1.165, 1.54) is 0 Å². The molecule has 0 aromatic carbocycles. The lowest BCUT2D eigenvalue weighted by molar-refractivity contribution is 0.0989. The van der Waals surface area contributed by atoms with Gasteiger partial charge in [0.25, 0.3) is 0 Å². The van der Waals surface area contributed by atoms with Crippen LogP contribution in [0.2, 0.25) is 0 Å². The van der Waals surface area contributed by atoms with Gasteiger partial charge >= 0.3 is 0 Å². The molecule has 0 atom stereocenters. The average Bonchev–Trinajstić information content (AvgIpc) is 2.52.